The SMILES string of the molecule is O=C(O)c1ccc(-c2ccc(-c3ccc(OF)cc3)cc2)cc1. The number of aromatic carboxylic acids is 1. The fourth-order valence-electron chi connectivity index (χ4n) is 2.36. The molecular weight excluding hydrogens is 295 g/mol. The van der Waals surface area contributed by atoms with E-state index in [0.717, 1.165) is 22.3 Å². The van der Waals surface area contributed by atoms with E-state index >= 15 is 0 Å². The predicted octanol–water partition coefficient (Wildman–Crippen LogP) is 4.98. The number of benzene rings is 3. The first-order valence-corrected chi connectivity index (χ1v) is 7.00. The number of carbonyl (C=O) groups is 1. The zero-order chi connectivity index (χ0) is 16.2. The third-order valence-corrected chi connectivity index (χ3v) is 3.63. The third kappa shape index (κ3) is 3.21. The van der Waals surface area contributed by atoms with Crippen LogP contribution in [0.2, 0.25) is 0 Å². The Morgan fingerprint density at radius 1 is 0.696 bits per heavy atom. The molecule has 0 aromatic heterocycles. The molecule has 23 heavy (non-hydrogen) atoms. The largest absolute Gasteiger partial charge is 0.478 e. The maximum absolute atomic E-state index is 12.0. The molecule has 3 nitrogen and oxygen atoms in total. The molecule has 0 aliphatic rings. The lowest BCUT2D eigenvalue weighted by molar-refractivity contribution is -0.00618. The van der Waals surface area contributed by atoms with Crippen molar-refractivity contribution in [3.63, 3.8) is 0 Å². The van der Waals surface area contributed by atoms with Crippen molar-refractivity contribution in [3.8, 4) is 28.0 Å². The smallest absolute Gasteiger partial charge is 0.335 e. The van der Waals surface area contributed by atoms with Crippen molar-refractivity contribution < 1.29 is 19.4 Å². The normalized spacial score (nSPS) is 10.3. The van der Waals surface area contributed by atoms with Gasteiger partial charge in [-0.3, -0.25) is 4.94 Å². The van der Waals surface area contributed by atoms with Gasteiger partial charge in [-0.25, -0.2) is 4.79 Å². The van der Waals surface area contributed by atoms with Gasteiger partial charge in [0.05, 0.1) is 5.56 Å². The molecule has 3 aromatic rings. The van der Waals surface area contributed by atoms with Crippen molar-refractivity contribution in [2.75, 3.05) is 0 Å². The minimum atomic E-state index is -0.937. The second-order valence-electron chi connectivity index (χ2n) is 5.06. The lowest BCUT2D eigenvalue weighted by atomic mass is 9.99. The second kappa shape index (κ2) is 6.32. The van der Waals surface area contributed by atoms with Gasteiger partial charge in [0.25, 0.3) is 0 Å². The zero-order valence-electron chi connectivity index (χ0n) is 12.1. The van der Waals surface area contributed by atoms with E-state index in [9.17, 15) is 9.32 Å². The van der Waals surface area contributed by atoms with Crippen LogP contribution >= 0.6 is 0 Å². The monoisotopic (exact) mass is 308 g/mol. The number of rotatable bonds is 4. The Morgan fingerprint density at radius 2 is 1.04 bits per heavy atom. The molecule has 3 aromatic carbocycles. The topological polar surface area (TPSA) is 46.5 Å². The Bertz CT molecular complexity index is 807. The van der Waals surface area contributed by atoms with Crippen LogP contribution in [0.25, 0.3) is 22.3 Å². The first-order chi connectivity index (χ1) is 11.2. The van der Waals surface area contributed by atoms with Crippen LogP contribution in [-0.4, -0.2) is 11.1 Å². The molecule has 0 bridgehead atoms. The number of carboxylic acid groups (broad SMARTS) is 1. The summed E-state index contributed by atoms with van der Waals surface area (Å²) in [7, 11) is 0. The van der Waals surface area contributed by atoms with Gasteiger partial charge >= 0.3 is 5.97 Å². The molecule has 0 radical (unpaired) electrons. The summed E-state index contributed by atoms with van der Waals surface area (Å²) in [6, 6.07) is 21.3. The molecule has 0 amide bonds. The van der Waals surface area contributed by atoms with Crippen LogP contribution in [0, 0.1) is 0 Å². The Morgan fingerprint density at radius 3 is 1.39 bits per heavy atom. The maximum Gasteiger partial charge on any atom is 0.335 e. The van der Waals surface area contributed by atoms with Crippen LogP contribution in [0.4, 0.5) is 4.53 Å². The molecule has 114 valence electrons. The number of hydrogen-bond acceptors (Lipinski definition) is 2. The molecular formula is C19H13FO3. The maximum atomic E-state index is 12.0. The molecule has 0 aliphatic heterocycles. The minimum Gasteiger partial charge on any atom is -0.478 e. The summed E-state index contributed by atoms with van der Waals surface area (Å²) >= 11 is 0. The summed E-state index contributed by atoms with van der Waals surface area (Å²) in [5.74, 6) is -0.767. The Labute approximate surface area is 132 Å². The predicted molar refractivity (Wildman–Crippen MR) is 86.0 cm³/mol. The average molecular weight is 308 g/mol. The molecule has 0 saturated heterocycles. The van der Waals surface area contributed by atoms with Crippen LogP contribution in [-0.2, 0) is 0 Å². The Kier molecular flexibility index (Phi) is 4.06. The molecule has 0 fully saturated rings. The van der Waals surface area contributed by atoms with E-state index in [1.54, 1.807) is 48.5 Å². The molecule has 4 heteroatoms. The van der Waals surface area contributed by atoms with Gasteiger partial charge in [0.2, 0.25) is 0 Å². The van der Waals surface area contributed by atoms with Gasteiger partial charge in [-0.2, -0.15) is 0 Å². The molecule has 0 atom stereocenters. The number of carboxylic acids is 1. The van der Waals surface area contributed by atoms with E-state index in [1.807, 2.05) is 24.3 Å². The first kappa shape index (κ1) is 14.8. The van der Waals surface area contributed by atoms with Crippen molar-refractivity contribution >= 4 is 5.97 Å². The molecule has 3 rings (SSSR count). The molecule has 0 unspecified atom stereocenters. The van der Waals surface area contributed by atoms with Gasteiger partial charge in [-0.1, -0.05) is 48.5 Å². The summed E-state index contributed by atoms with van der Waals surface area (Å²) in [6.45, 7) is 0. The van der Waals surface area contributed by atoms with E-state index in [-0.39, 0.29) is 11.3 Å². The van der Waals surface area contributed by atoms with E-state index in [1.165, 1.54) is 0 Å². The highest BCUT2D eigenvalue weighted by Crippen LogP contribution is 2.26. The van der Waals surface area contributed by atoms with Crippen molar-refractivity contribution in [2.45, 2.75) is 0 Å². The van der Waals surface area contributed by atoms with Crippen LogP contribution in [0.1, 0.15) is 10.4 Å². The summed E-state index contributed by atoms with van der Waals surface area (Å²) in [4.78, 5) is 14.5. The molecule has 0 spiro atoms. The van der Waals surface area contributed by atoms with Gasteiger partial charge in [0.1, 0.15) is 0 Å². The number of hydrogen-bond donors (Lipinski definition) is 1. The van der Waals surface area contributed by atoms with Crippen molar-refractivity contribution in [1.82, 2.24) is 0 Å². The van der Waals surface area contributed by atoms with Gasteiger partial charge < -0.3 is 5.11 Å². The van der Waals surface area contributed by atoms with E-state index < -0.39 is 5.97 Å². The third-order valence-electron chi connectivity index (χ3n) is 3.63. The quantitative estimate of drug-likeness (QED) is 0.739. The van der Waals surface area contributed by atoms with Gasteiger partial charge in [-0.15, -0.1) is 0 Å². The van der Waals surface area contributed by atoms with Crippen molar-refractivity contribution in [2.24, 2.45) is 0 Å². The minimum absolute atomic E-state index is 0.170. The van der Waals surface area contributed by atoms with E-state index in [2.05, 4.69) is 4.94 Å². The van der Waals surface area contributed by atoms with Crippen LogP contribution < -0.4 is 4.94 Å². The zero-order valence-corrected chi connectivity index (χ0v) is 12.1. The lowest BCUT2D eigenvalue weighted by Crippen LogP contribution is -1.94. The molecule has 1 N–H and O–H groups in total. The fraction of sp³-hybridized carbons (Fsp3) is 0. The fourth-order valence-corrected chi connectivity index (χ4v) is 2.36. The highest BCUT2D eigenvalue weighted by molar-refractivity contribution is 5.88. The molecule has 0 heterocycles. The summed E-state index contributed by atoms with van der Waals surface area (Å²) in [5, 5.41) is 8.91. The van der Waals surface area contributed by atoms with Crippen LogP contribution in [0.5, 0.6) is 5.75 Å². The Hall–Kier alpha value is -3.14. The van der Waals surface area contributed by atoms with Gasteiger partial charge in [0.15, 0.2) is 5.75 Å². The summed E-state index contributed by atoms with van der Waals surface area (Å²) in [6.07, 6.45) is 0. The lowest BCUT2D eigenvalue weighted by Gasteiger charge is -2.06. The number of halogens is 1. The standard InChI is InChI=1S/C19H13FO3/c20-23-18-11-9-16(10-12-18)14-3-1-13(2-4-14)15-5-7-17(8-6-15)19(21)22/h1-12H,(H,21,22). The average Bonchev–Trinajstić information content (AvgIpc) is 2.62. The molecule has 0 saturated carbocycles. The van der Waals surface area contributed by atoms with Gasteiger partial charge in [0, 0.05) is 4.53 Å². The van der Waals surface area contributed by atoms with Crippen LogP contribution in [0.15, 0.2) is 72.8 Å². The van der Waals surface area contributed by atoms with Crippen molar-refractivity contribution in [1.29, 1.82) is 0 Å². The highest BCUT2D eigenvalue weighted by atomic mass is 19.3. The van der Waals surface area contributed by atoms with Crippen LogP contribution in [0.3, 0.4) is 0 Å². The summed E-state index contributed by atoms with van der Waals surface area (Å²) < 4.78 is 12.0. The van der Waals surface area contributed by atoms with E-state index in [4.69, 9.17) is 5.11 Å². The Balaban J connectivity index is 1.84. The molecule has 0 aliphatic carbocycles. The summed E-state index contributed by atoms with van der Waals surface area (Å²) in [5.41, 5.74) is 4.16. The van der Waals surface area contributed by atoms with E-state index in [0.29, 0.717) is 0 Å². The first-order valence-electron chi connectivity index (χ1n) is 7.00. The van der Waals surface area contributed by atoms with Crippen molar-refractivity contribution in [3.05, 3.63) is 78.4 Å². The second-order valence-corrected chi connectivity index (χ2v) is 5.06. The van der Waals surface area contributed by atoms with Gasteiger partial charge in [-0.05, 0) is 46.5 Å². The highest BCUT2D eigenvalue weighted by Gasteiger charge is 2.04.